The molecule has 0 radical (unpaired) electrons. The van der Waals surface area contributed by atoms with Crippen molar-refractivity contribution in [2.45, 2.75) is 59.3 Å². The number of hydrogen-bond donors (Lipinski definition) is 0. The van der Waals surface area contributed by atoms with Crippen LogP contribution in [0.25, 0.3) is 0 Å². The van der Waals surface area contributed by atoms with Crippen molar-refractivity contribution in [3.8, 4) is 6.07 Å². The van der Waals surface area contributed by atoms with E-state index in [1.54, 1.807) is 0 Å². The summed E-state index contributed by atoms with van der Waals surface area (Å²) in [5.74, 6) is 0. The Kier molecular flexibility index (Phi) is 10.0. The van der Waals surface area contributed by atoms with Crippen molar-refractivity contribution in [1.82, 2.24) is 0 Å². The molecule has 96 valence electrons. The van der Waals surface area contributed by atoms with Crippen LogP contribution in [0.5, 0.6) is 0 Å². The van der Waals surface area contributed by atoms with Gasteiger partial charge in [0, 0.05) is 0 Å². The van der Waals surface area contributed by atoms with Crippen LogP contribution in [0, 0.1) is 11.3 Å². The van der Waals surface area contributed by atoms with Gasteiger partial charge in [-0.1, -0.05) is 0 Å². The predicted octanol–water partition coefficient (Wildman–Crippen LogP) is 4.66. The first-order chi connectivity index (χ1) is 7.74. The maximum atomic E-state index is 9.08. The Morgan fingerprint density at radius 2 is 1.19 bits per heavy atom. The summed E-state index contributed by atoms with van der Waals surface area (Å²) in [6, 6.07) is 2.50. The molecule has 2 heteroatoms. The van der Waals surface area contributed by atoms with Gasteiger partial charge in [-0.05, 0) is 0 Å². The van der Waals surface area contributed by atoms with E-state index in [0.29, 0.717) is 0 Å². The Morgan fingerprint density at radius 3 is 1.44 bits per heavy atom. The van der Waals surface area contributed by atoms with Crippen LogP contribution in [0.3, 0.4) is 0 Å². The molecule has 0 fully saturated rings. The molecule has 0 amide bonds. The molecule has 0 aromatic carbocycles. The summed E-state index contributed by atoms with van der Waals surface area (Å²) in [5.41, 5.74) is 0. The van der Waals surface area contributed by atoms with Crippen LogP contribution in [-0.2, 0) is 0 Å². The van der Waals surface area contributed by atoms with Gasteiger partial charge in [-0.3, -0.25) is 0 Å². The Morgan fingerprint density at radius 1 is 0.812 bits per heavy atom. The second kappa shape index (κ2) is 10.1. The zero-order valence-electron chi connectivity index (χ0n) is 11.5. The monoisotopic (exact) mass is 243 g/mol. The zero-order chi connectivity index (χ0) is 12.3. The molecule has 1 nitrogen and oxygen atoms in total. The first-order valence-electron chi connectivity index (χ1n) is 7.11. The van der Waals surface area contributed by atoms with Crippen molar-refractivity contribution < 1.29 is 0 Å². The van der Waals surface area contributed by atoms with E-state index in [1.165, 1.54) is 57.0 Å². The summed E-state index contributed by atoms with van der Waals surface area (Å²) >= 11 is 0. The topological polar surface area (TPSA) is 23.8 Å². The van der Waals surface area contributed by atoms with Crippen LogP contribution in [0.15, 0.2) is 0 Å². The van der Waals surface area contributed by atoms with Crippen LogP contribution < -0.4 is 0 Å². The number of hydrogen-bond acceptors (Lipinski definition) is 1. The molecule has 0 aliphatic rings. The minimum absolute atomic E-state index is 0.910. The van der Waals surface area contributed by atoms with Gasteiger partial charge in [-0.2, -0.15) is 0 Å². The molecule has 0 aromatic heterocycles. The first-order valence-corrected chi connectivity index (χ1v) is 9.94. The fraction of sp³-hybridized carbons (Fsp3) is 0.929. The summed E-state index contributed by atoms with van der Waals surface area (Å²) < 4.78 is 0. The molecule has 0 saturated heterocycles. The van der Waals surface area contributed by atoms with Crippen LogP contribution in [0.1, 0.15) is 59.3 Å². The van der Waals surface area contributed by atoms with E-state index >= 15 is 0 Å². The van der Waals surface area contributed by atoms with E-state index in [2.05, 4.69) is 26.8 Å². The molecular weight excluding hydrogens is 213 g/mol. The summed E-state index contributed by atoms with van der Waals surface area (Å²) in [5, 5.41) is 9.08. The molecular formula is C14H30NP. The van der Waals surface area contributed by atoms with Crippen molar-refractivity contribution in [2.24, 2.45) is 0 Å². The van der Waals surface area contributed by atoms with Gasteiger partial charge in [0.2, 0.25) is 0 Å². The average Bonchev–Trinajstić information content (AvgIpc) is 2.31. The molecule has 0 N–H and O–H groups in total. The van der Waals surface area contributed by atoms with Crippen molar-refractivity contribution in [3.05, 3.63) is 0 Å². The van der Waals surface area contributed by atoms with Crippen molar-refractivity contribution in [2.75, 3.05) is 24.6 Å². The second-order valence-electron chi connectivity index (χ2n) is 5.15. The average molecular weight is 243 g/mol. The van der Waals surface area contributed by atoms with Gasteiger partial charge in [0.25, 0.3) is 0 Å². The minimum atomic E-state index is -1.22. The van der Waals surface area contributed by atoms with Crippen LogP contribution >= 0.6 is 7.26 Å². The molecule has 0 spiro atoms. The molecule has 0 rings (SSSR count). The first kappa shape index (κ1) is 15.9. The predicted molar refractivity (Wildman–Crippen MR) is 78.1 cm³/mol. The number of nitrogens with zero attached hydrogens (tertiary/aromatic N) is 1. The normalized spacial score (nSPS) is 12.4. The van der Waals surface area contributed by atoms with Crippen LogP contribution in [-0.4, -0.2) is 24.6 Å². The fourth-order valence-corrected chi connectivity index (χ4v) is 7.39. The standard InChI is InChI=1S/C14H30NP/c1-4-7-11-16(14-10-15,12-8-5-2)13-9-6-3/h16H,4-9,11-14H2,1-3H3. The van der Waals surface area contributed by atoms with Crippen molar-refractivity contribution in [3.63, 3.8) is 0 Å². The van der Waals surface area contributed by atoms with Gasteiger partial charge in [-0.15, -0.1) is 0 Å². The van der Waals surface area contributed by atoms with E-state index in [4.69, 9.17) is 5.26 Å². The van der Waals surface area contributed by atoms with E-state index in [-0.39, 0.29) is 0 Å². The number of unbranched alkanes of at least 4 members (excludes halogenated alkanes) is 3. The second-order valence-corrected chi connectivity index (χ2v) is 10.00. The third-order valence-electron chi connectivity index (χ3n) is 3.64. The van der Waals surface area contributed by atoms with Gasteiger partial charge in [0.05, 0.1) is 0 Å². The van der Waals surface area contributed by atoms with Gasteiger partial charge in [-0.25, -0.2) is 0 Å². The van der Waals surface area contributed by atoms with Gasteiger partial charge >= 0.3 is 103 Å². The Labute approximate surface area is 103 Å². The molecule has 0 saturated carbocycles. The summed E-state index contributed by atoms with van der Waals surface area (Å²) in [7, 11) is -1.22. The Balaban J connectivity index is 4.39. The van der Waals surface area contributed by atoms with Crippen molar-refractivity contribution in [1.29, 1.82) is 5.26 Å². The molecule has 0 atom stereocenters. The third kappa shape index (κ3) is 6.49. The molecule has 0 unspecified atom stereocenters. The van der Waals surface area contributed by atoms with Crippen LogP contribution in [0.2, 0.25) is 0 Å². The number of rotatable bonds is 10. The maximum absolute atomic E-state index is 9.08. The summed E-state index contributed by atoms with van der Waals surface area (Å²) in [4.78, 5) is 0. The molecule has 0 aliphatic heterocycles. The van der Waals surface area contributed by atoms with E-state index in [1.807, 2.05) is 0 Å². The molecule has 0 heterocycles. The molecule has 0 aliphatic carbocycles. The summed E-state index contributed by atoms with van der Waals surface area (Å²) in [6.45, 7) is 6.81. The van der Waals surface area contributed by atoms with E-state index in [0.717, 1.165) is 6.16 Å². The van der Waals surface area contributed by atoms with Crippen molar-refractivity contribution >= 4 is 7.26 Å². The SMILES string of the molecule is CCCC[PH](CC#N)(CCCC)CCCC. The fourth-order valence-electron chi connectivity index (χ4n) is 2.46. The van der Waals surface area contributed by atoms with Crippen LogP contribution in [0.4, 0.5) is 0 Å². The Hall–Kier alpha value is -0.0800. The number of nitriles is 1. The summed E-state index contributed by atoms with van der Waals surface area (Å²) in [6.07, 6.45) is 13.0. The third-order valence-corrected chi connectivity index (χ3v) is 8.79. The molecule has 0 aromatic rings. The Bertz CT molecular complexity index is 174. The van der Waals surface area contributed by atoms with Gasteiger partial charge < -0.3 is 0 Å². The van der Waals surface area contributed by atoms with E-state index in [9.17, 15) is 0 Å². The quantitative estimate of drug-likeness (QED) is 0.512. The zero-order valence-corrected chi connectivity index (χ0v) is 12.5. The van der Waals surface area contributed by atoms with E-state index < -0.39 is 7.26 Å². The molecule has 16 heavy (non-hydrogen) atoms. The van der Waals surface area contributed by atoms with Gasteiger partial charge in [0.1, 0.15) is 0 Å². The molecule has 0 bridgehead atoms. The van der Waals surface area contributed by atoms with Gasteiger partial charge in [0.15, 0.2) is 0 Å².